The molecule has 2 aliphatic rings. The van der Waals surface area contributed by atoms with Gasteiger partial charge in [0.05, 0.1) is 20.6 Å². The topological polar surface area (TPSA) is 69.5 Å². The third-order valence-electron chi connectivity index (χ3n) is 5.40. The van der Waals surface area contributed by atoms with Gasteiger partial charge in [-0.3, -0.25) is 4.79 Å². The first-order valence-corrected chi connectivity index (χ1v) is 9.51. The molecule has 0 unspecified atom stereocenters. The minimum atomic E-state index is 0.140. The number of rotatable bonds is 8. The second kappa shape index (κ2) is 7.58. The number of hydrogen-bond donors (Lipinski definition) is 0. The number of carbonyl (C=O) groups excluding carboxylic acids is 1. The van der Waals surface area contributed by atoms with Crippen LogP contribution in [0, 0.1) is 11.8 Å². The smallest absolute Gasteiger partial charge is 0.227 e. The molecule has 0 spiro atoms. The molecule has 1 aliphatic heterocycles. The standard InChI is InChI=1S/C20H26N4O3/c1-26-17-5-15(6-18(9-17)27-2)8-20(25)23-11-16(12-23)7-19-22-21-13-24(19)10-14-3-4-14/h5-6,9,13-14,16H,3-4,7-8,10-12H2,1-2H3. The van der Waals surface area contributed by atoms with E-state index in [0.29, 0.717) is 23.8 Å². The number of aromatic nitrogens is 3. The molecule has 7 heteroatoms. The first-order valence-electron chi connectivity index (χ1n) is 9.51. The fraction of sp³-hybridized carbons (Fsp3) is 0.550. The van der Waals surface area contributed by atoms with Gasteiger partial charge in [-0.15, -0.1) is 10.2 Å². The van der Waals surface area contributed by atoms with Crippen molar-refractivity contribution in [3.63, 3.8) is 0 Å². The Morgan fingerprint density at radius 1 is 1.11 bits per heavy atom. The molecule has 2 aromatic rings. The summed E-state index contributed by atoms with van der Waals surface area (Å²) < 4.78 is 12.7. The number of likely N-dealkylation sites (tertiary alicyclic amines) is 1. The fourth-order valence-electron chi connectivity index (χ4n) is 3.58. The predicted molar refractivity (Wildman–Crippen MR) is 99.8 cm³/mol. The van der Waals surface area contributed by atoms with Gasteiger partial charge in [0, 0.05) is 38.0 Å². The van der Waals surface area contributed by atoms with Crippen LogP contribution in [0.3, 0.4) is 0 Å². The molecule has 0 bridgehead atoms. The quantitative estimate of drug-likeness (QED) is 0.710. The highest BCUT2D eigenvalue weighted by atomic mass is 16.5. The van der Waals surface area contributed by atoms with Gasteiger partial charge in [0.2, 0.25) is 5.91 Å². The Bertz CT molecular complexity index is 787. The van der Waals surface area contributed by atoms with Crippen molar-refractivity contribution in [1.82, 2.24) is 19.7 Å². The first-order chi connectivity index (χ1) is 13.1. The third kappa shape index (κ3) is 4.23. The average Bonchev–Trinajstić information content (AvgIpc) is 3.34. The Hall–Kier alpha value is -2.57. The molecule has 1 saturated heterocycles. The van der Waals surface area contributed by atoms with Gasteiger partial charge in [-0.25, -0.2) is 0 Å². The molecule has 1 amide bonds. The summed E-state index contributed by atoms with van der Waals surface area (Å²) in [6, 6.07) is 5.58. The van der Waals surface area contributed by atoms with E-state index < -0.39 is 0 Å². The summed E-state index contributed by atoms with van der Waals surface area (Å²) in [6.07, 6.45) is 5.73. The SMILES string of the molecule is COc1cc(CC(=O)N2CC(Cc3nncn3CC3CC3)C2)cc(OC)c1. The Kier molecular flexibility index (Phi) is 5.01. The molecule has 0 atom stereocenters. The van der Waals surface area contributed by atoms with Crippen molar-refractivity contribution in [2.24, 2.45) is 11.8 Å². The van der Waals surface area contributed by atoms with Crippen molar-refractivity contribution in [2.45, 2.75) is 32.2 Å². The van der Waals surface area contributed by atoms with Crippen LogP contribution < -0.4 is 9.47 Å². The van der Waals surface area contributed by atoms with Crippen LogP contribution in [0.1, 0.15) is 24.2 Å². The largest absolute Gasteiger partial charge is 0.497 e. The highest BCUT2D eigenvalue weighted by molar-refractivity contribution is 5.79. The third-order valence-corrected chi connectivity index (χ3v) is 5.40. The number of nitrogens with zero attached hydrogens (tertiary/aromatic N) is 4. The van der Waals surface area contributed by atoms with Crippen LogP contribution in [0.5, 0.6) is 11.5 Å². The highest BCUT2D eigenvalue weighted by Crippen LogP contribution is 2.31. The van der Waals surface area contributed by atoms with Crippen LogP contribution in [-0.2, 0) is 24.2 Å². The van der Waals surface area contributed by atoms with E-state index in [1.807, 2.05) is 29.4 Å². The van der Waals surface area contributed by atoms with Gasteiger partial charge in [-0.2, -0.15) is 0 Å². The van der Waals surface area contributed by atoms with Crippen LogP contribution in [-0.4, -0.2) is 52.9 Å². The van der Waals surface area contributed by atoms with Crippen molar-refractivity contribution in [3.05, 3.63) is 35.9 Å². The summed E-state index contributed by atoms with van der Waals surface area (Å²) >= 11 is 0. The maximum absolute atomic E-state index is 12.6. The minimum absolute atomic E-state index is 0.140. The zero-order valence-electron chi connectivity index (χ0n) is 15.9. The lowest BCUT2D eigenvalue weighted by Gasteiger charge is -2.39. The van der Waals surface area contributed by atoms with E-state index in [4.69, 9.17) is 9.47 Å². The van der Waals surface area contributed by atoms with E-state index in [9.17, 15) is 4.79 Å². The number of methoxy groups -OCH3 is 2. The Morgan fingerprint density at radius 3 is 2.44 bits per heavy atom. The second-order valence-corrected chi connectivity index (χ2v) is 7.61. The van der Waals surface area contributed by atoms with E-state index in [1.165, 1.54) is 12.8 Å². The summed E-state index contributed by atoms with van der Waals surface area (Å²) in [4.78, 5) is 14.5. The molecular formula is C20H26N4O3. The molecule has 27 heavy (non-hydrogen) atoms. The number of amides is 1. The van der Waals surface area contributed by atoms with Gasteiger partial charge in [-0.05, 0) is 36.5 Å². The summed E-state index contributed by atoms with van der Waals surface area (Å²) in [7, 11) is 3.23. The van der Waals surface area contributed by atoms with Crippen molar-refractivity contribution in [3.8, 4) is 11.5 Å². The van der Waals surface area contributed by atoms with Crippen LogP contribution >= 0.6 is 0 Å². The molecule has 0 N–H and O–H groups in total. The van der Waals surface area contributed by atoms with Crippen molar-refractivity contribution >= 4 is 5.91 Å². The van der Waals surface area contributed by atoms with Crippen LogP contribution in [0.4, 0.5) is 0 Å². The molecule has 7 nitrogen and oxygen atoms in total. The van der Waals surface area contributed by atoms with E-state index >= 15 is 0 Å². The maximum atomic E-state index is 12.6. The number of ether oxygens (including phenoxy) is 2. The second-order valence-electron chi connectivity index (χ2n) is 7.61. The number of benzene rings is 1. The summed E-state index contributed by atoms with van der Waals surface area (Å²) in [5.74, 6) is 3.87. The maximum Gasteiger partial charge on any atom is 0.227 e. The highest BCUT2D eigenvalue weighted by Gasteiger charge is 2.32. The molecular weight excluding hydrogens is 344 g/mol. The van der Waals surface area contributed by atoms with E-state index in [-0.39, 0.29) is 5.91 Å². The molecule has 1 saturated carbocycles. The molecule has 144 valence electrons. The van der Waals surface area contributed by atoms with E-state index in [0.717, 1.165) is 43.4 Å². The lowest BCUT2D eigenvalue weighted by Crippen LogP contribution is -2.51. The normalized spacial score (nSPS) is 16.9. The molecule has 1 aromatic heterocycles. The molecule has 1 aliphatic carbocycles. The Labute approximate surface area is 159 Å². The van der Waals surface area contributed by atoms with Crippen LogP contribution in [0.2, 0.25) is 0 Å². The molecule has 0 radical (unpaired) electrons. The average molecular weight is 370 g/mol. The molecule has 2 heterocycles. The summed E-state index contributed by atoms with van der Waals surface area (Å²) in [5.41, 5.74) is 0.906. The van der Waals surface area contributed by atoms with Crippen molar-refractivity contribution in [1.29, 1.82) is 0 Å². The zero-order chi connectivity index (χ0) is 18.8. The van der Waals surface area contributed by atoms with Crippen LogP contribution in [0.15, 0.2) is 24.5 Å². The monoisotopic (exact) mass is 370 g/mol. The van der Waals surface area contributed by atoms with Crippen molar-refractivity contribution in [2.75, 3.05) is 27.3 Å². The van der Waals surface area contributed by atoms with E-state index in [2.05, 4.69) is 14.8 Å². The Morgan fingerprint density at radius 2 is 1.81 bits per heavy atom. The zero-order valence-corrected chi connectivity index (χ0v) is 15.9. The van der Waals surface area contributed by atoms with Gasteiger partial charge in [0.15, 0.2) is 0 Å². The van der Waals surface area contributed by atoms with Gasteiger partial charge in [-0.1, -0.05) is 0 Å². The fourth-order valence-corrected chi connectivity index (χ4v) is 3.58. The van der Waals surface area contributed by atoms with Gasteiger partial charge in [0.25, 0.3) is 0 Å². The lowest BCUT2D eigenvalue weighted by atomic mass is 9.95. The predicted octanol–water partition coefficient (Wildman–Crippen LogP) is 1.95. The van der Waals surface area contributed by atoms with Gasteiger partial charge >= 0.3 is 0 Å². The Balaban J connectivity index is 1.29. The summed E-state index contributed by atoms with van der Waals surface area (Å²) in [6.45, 7) is 2.61. The number of hydrogen-bond acceptors (Lipinski definition) is 5. The lowest BCUT2D eigenvalue weighted by molar-refractivity contribution is -0.136. The first kappa shape index (κ1) is 17.8. The summed E-state index contributed by atoms with van der Waals surface area (Å²) in [5, 5.41) is 8.34. The van der Waals surface area contributed by atoms with Crippen LogP contribution in [0.25, 0.3) is 0 Å². The van der Waals surface area contributed by atoms with Gasteiger partial charge in [0.1, 0.15) is 23.7 Å². The van der Waals surface area contributed by atoms with E-state index in [1.54, 1.807) is 14.2 Å². The number of carbonyl (C=O) groups is 1. The van der Waals surface area contributed by atoms with Gasteiger partial charge < -0.3 is 18.9 Å². The van der Waals surface area contributed by atoms with Crippen molar-refractivity contribution < 1.29 is 14.3 Å². The molecule has 2 fully saturated rings. The molecule has 4 rings (SSSR count). The minimum Gasteiger partial charge on any atom is -0.497 e. The molecule has 1 aromatic carbocycles.